The maximum atomic E-state index is 13.4. The first-order chi connectivity index (χ1) is 19.4. The smallest absolute Gasteiger partial charge is 0.255 e. The van der Waals surface area contributed by atoms with Gasteiger partial charge in [0.15, 0.2) is 5.96 Å². The number of carbonyl (C=O) groups excluding carboxylic acids is 3. The van der Waals surface area contributed by atoms with Crippen molar-refractivity contribution >= 4 is 40.1 Å². The molecule has 4 rings (SSSR count). The Morgan fingerprint density at radius 1 is 0.775 bits per heavy atom. The van der Waals surface area contributed by atoms with Gasteiger partial charge in [0.1, 0.15) is 6.04 Å². The van der Waals surface area contributed by atoms with E-state index in [1.165, 1.54) is 0 Å². The van der Waals surface area contributed by atoms with Crippen LogP contribution in [0.5, 0.6) is 0 Å². The van der Waals surface area contributed by atoms with E-state index < -0.39 is 11.9 Å². The lowest BCUT2D eigenvalue weighted by Crippen LogP contribution is -2.48. The number of carbonyl (C=O) groups is 3. The highest BCUT2D eigenvalue weighted by Crippen LogP contribution is 2.20. The Bertz CT molecular complexity index is 1520. The van der Waals surface area contributed by atoms with Crippen LogP contribution >= 0.6 is 0 Å². The Balaban J connectivity index is 1.48. The molecule has 0 spiro atoms. The highest BCUT2D eigenvalue weighted by Gasteiger charge is 2.23. The van der Waals surface area contributed by atoms with Crippen molar-refractivity contribution in [1.29, 1.82) is 0 Å². The van der Waals surface area contributed by atoms with Gasteiger partial charge in [-0.3, -0.25) is 19.4 Å². The van der Waals surface area contributed by atoms with Crippen molar-refractivity contribution in [2.45, 2.75) is 18.9 Å². The highest BCUT2D eigenvalue weighted by molar-refractivity contribution is 6.10. The van der Waals surface area contributed by atoms with Crippen LogP contribution in [0.1, 0.15) is 32.7 Å². The number of nitrogens with one attached hydrogen (secondary N) is 3. The number of nitrogens with zero attached hydrogens (tertiary/aromatic N) is 1. The second kappa shape index (κ2) is 13.6. The maximum Gasteiger partial charge on any atom is 0.255 e. The maximum absolute atomic E-state index is 13.4. The molecule has 0 radical (unpaired) electrons. The minimum Gasteiger partial charge on any atom is -0.370 e. The summed E-state index contributed by atoms with van der Waals surface area (Å²) in [6, 6.07) is 28.5. The largest absolute Gasteiger partial charge is 0.370 e. The van der Waals surface area contributed by atoms with Gasteiger partial charge in [0.25, 0.3) is 11.8 Å². The lowest BCUT2D eigenvalue weighted by Gasteiger charge is -2.20. The molecule has 7 N–H and O–H groups in total. The highest BCUT2D eigenvalue weighted by atomic mass is 16.2. The molecule has 0 bridgehead atoms. The number of amides is 3. The van der Waals surface area contributed by atoms with Gasteiger partial charge in [0, 0.05) is 25.1 Å². The lowest BCUT2D eigenvalue weighted by molar-refractivity contribution is -0.122. The average Bonchev–Trinajstić information content (AvgIpc) is 2.97. The molecule has 4 aromatic rings. The van der Waals surface area contributed by atoms with Gasteiger partial charge in [-0.2, -0.15) is 0 Å². The van der Waals surface area contributed by atoms with Crippen molar-refractivity contribution in [3.63, 3.8) is 0 Å². The number of anilines is 1. The fraction of sp³-hybridized carbons (Fsp3) is 0.161. The Morgan fingerprint density at radius 2 is 1.48 bits per heavy atom. The zero-order chi connectivity index (χ0) is 28.3. The summed E-state index contributed by atoms with van der Waals surface area (Å²) in [5.74, 6) is -1.16. The molecule has 204 valence electrons. The van der Waals surface area contributed by atoms with Gasteiger partial charge in [-0.05, 0) is 47.0 Å². The molecule has 0 aliphatic carbocycles. The van der Waals surface area contributed by atoms with Gasteiger partial charge in [-0.15, -0.1) is 0 Å². The first kappa shape index (κ1) is 27.8. The van der Waals surface area contributed by atoms with Crippen LogP contribution in [0.25, 0.3) is 10.8 Å². The van der Waals surface area contributed by atoms with E-state index in [1.807, 2.05) is 60.7 Å². The van der Waals surface area contributed by atoms with Crippen LogP contribution in [0.3, 0.4) is 0 Å². The third kappa shape index (κ3) is 7.67. The predicted molar refractivity (Wildman–Crippen MR) is 158 cm³/mol. The first-order valence-corrected chi connectivity index (χ1v) is 13.0. The molecular weight excluding hydrogens is 504 g/mol. The van der Waals surface area contributed by atoms with Crippen LogP contribution in [-0.2, 0) is 11.2 Å². The zero-order valence-electron chi connectivity index (χ0n) is 22.0. The van der Waals surface area contributed by atoms with Crippen molar-refractivity contribution in [3.05, 3.63) is 114 Å². The quantitative estimate of drug-likeness (QED) is 0.113. The Morgan fingerprint density at radius 3 is 2.25 bits per heavy atom. The number of para-hydroxylation sites is 1. The van der Waals surface area contributed by atoms with E-state index in [-0.39, 0.29) is 29.8 Å². The molecule has 9 heteroatoms. The molecule has 0 saturated carbocycles. The lowest BCUT2D eigenvalue weighted by atomic mass is 10.0. The summed E-state index contributed by atoms with van der Waals surface area (Å²) in [6.45, 7) is 0.720. The molecule has 0 heterocycles. The van der Waals surface area contributed by atoms with Gasteiger partial charge < -0.3 is 27.4 Å². The Labute approximate surface area is 232 Å². The van der Waals surface area contributed by atoms with E-state index in [0.29, 0.717) is 30.8 Å². The van der Waals surface area contributed by atoms with Gasteiger partial charge in [-0.25, -0.2) is 0 Å². The van der Waals surface area contributed by atoms with Crippen LogP contribution in [0.15, 0.2) is 102 Å². The average molecular weight is 537 g/mol. The van der Waals surface area contributed by atoms with E-state index >= 15 is 0 Å². The number of hydrogen-bond acceptors (Lipinski definition) is 4. The molecule has 1 atom stereocenters. The van der Waals surface area contributed by atoms with Crippen molar-refractivity contribution in [3.8, 4) is 0 Å². The molecule has 0 aromatic heterocycles. The molecule has 0 fully saturated rings. The number of hydrogen-bond donors (Lipinski definition) is 5. The summed E-state index contributed by atoms with van der Waals surface area (Å²) >= 11 is 0. The molecule has 9 nitrogen and oxygen atoms in total. The minimum absolute atomic E-state index is 0.00749. The standard InChI is InChI=1S/C31H32N6O3/c32-31(33)35-18-8-17-34-30(40)27(19-21-9-2-1-3-10-21)37-29(39)25-13-6-7-14-26(25)36-28(38)24-16-15-22-11-4-5-12-23(22)20-24/h1-7,9-16,20,27H,8,17-19H2,(H,34,40)(H,36,38)(H,37,39)(H4,32,33,35). The first-order valence-electron chi connectivity index (χ1n) is 13.0. The Hall–Kier alpha value is -5.18. The summed E-state index contributed by atoms with van der Waals surface area (Å²) in [5.41, 5.74) is 12.6. The third-order valence-electron chi connectivity index (χ3n) is 6.26. The minimum atomic E-state index is -0.845. The van der Waals surface area contributed by atoms with Crippen molar-refractivity contribution in [2.24, 2.45) is 16.5 Å². The fourth-order valence-electron chi connectivity index (χ4n) is 4.23. The monoisotopic (exact) mass is 536 g/mol. The normalized spacial score (nSPS) is 11.3. The SMILES string of the molecule is NC(N)=NCCCNC(=O)C(Cc1ccccc1)NC(=O)c1ccccc1NC(=O)c1ccc2ccccc2c1. The number of nitrogens with two attached hydrogens (primary N) is 2. The summed E-state index contributed by atoms with van der Waals surface area (Å²) < 4.78 is 0. The van der Waals surface area contributed by atoms with E-state index in [4.69, 9.17) is 11.5 Å². The van der Waals surface area contributed by atoms with Crippen molar-refractivity contribution in [1.82, 2.24) is 10.6 Å². The number of fused-ring (bicyclic) bond motifs is 1. The van der Waals surface area contributed by atoms with E-state index in [1.54, 1.807) is 36.4 Å². The summed E-state index contributed by atoms with van der Waals surface area (Å²) in [4.78, 5) is 43.5. The van der Waals surface area contributed by atoms with Gasteiger partial charge >= 0.3 is 0 Å². The molecule has 40 heavy (non-hydrogen) atoms. The second-order valence-electron chi connectivity index (χ2n) is 9.23. The fourth-order valence-corrected chi connectivity index (χ4v) is 4.23. The van der Waals surface area contributed by atoms with Crippen molar-refractivity contribution in [2.75, 3.05) is 18.4 Å². The molecule has 0 aliphatic rings. The molecule has 0 aliphatic heterocycles. The topological polar surface area (TPSA) is 152 Å². The van der Waals surface area contributed by atoms with Crippen LogP contribution in [0.4, 0.5) is 5.69 Å². The zero-order valence-corrected chi connectivity index (χ0v) is 22.0. The van der Waals surface area contributed by atoms with Crippen LogP contribution in [0, 0.1) is 0 Å². The van der Waals surface area contributed by atoms with Gasteiger partial charge in [0.05, 0.1) is 11.3 Å². The summed E-state index contributed by atoms with van der Waals surface area (Å²) in [5, 5.41) is 10.5. The molecule has 4 aromatic carbocycles. The third-order valence-corrected chi connectivity index (χ3v) is 6.26. The number of aliphatic imine (C=N–C) groups is 1. The van der Waals surface area contributed by atoms with E-state index in [2.05, 4.69) is 20.9 Å². The van der Waals surface area contributed by atoms with Crippen LogP contribution in [-0.4, -0.2) is 42.8 Å². The van der Waals surface area contributed by atoms with E-state index in [9.17, 15) is 14.4 Å². The molecule has 1 unspecified atom stereocenters. The number of rotatable bonds is 11. The van der Waals surface area contributed by atoms with Gasteiger partial charge in [0.2, 0.25) is 5.91 Å². The molecule has 0 saturated heterocycles. The number of benzene rings is 4. The van der Waals surface area contributed by atoms with Crippen LogP contribution in [0.2, 0.25) is 0 Å². The second-order valence-corrected chi connectivity index (χ2v) is 9.23. The van der Waals surface area contributed by atoms with Gasteiger partial charge in [-0.1, -0.05) is 72.8 Å². The number of guanidine groups is 1. The van der Waals surface area contributed by atoms with E-state index in [0.717, 1.165) is 16.3 Å². The molecular formula is C31H32N6O3. The summed E-state index contributed by atoms with van der Waals surface area (Å²) in [7, 11) is 0. The Kier molecular flexibility index (Phi) is 9.44. The van der Waals surface area contributed by atoms with Crippen LogP contribution < -0.4 is 27.4 Å². The predicted octanol–water partition coefficient (Wildman–Crippen LogP) is 3.21. The summed E-state index contributed by atoms with van der Waals surface area (Å²) in [6.07, 6.45) is 0.831. The molecule has 3 amide bonds. The van der Waals surface area contributed by atoms with Crippen molar-refractivity contribution < 1.29 is 14.4 Å².